The molecule has 0 aliphatic heterocycles. The Balaban J connectivity index is 1.41. The van der Waals surface area contributed by atoms with E-state index in [1.54, 1.807) is 18.0 Å². The molecule has 0 saturated heterocycles. The lowest BCUT2D eigenvalue weighted by Gasteiger charge is -2.13. The Hall–Kier alpha value is -3.06. The van der Waals surface area contributed by atoms with Crippen molar-refractivity contribution in [2.24, 2.45) is 0 Å². The van der Waals surface area contributed by atoms with Crippen LogP contribution in [0.4, 0.5) is 5.13 Å². The van der Waals surface area contributed by atoms with E-state index in [9.17, 15) is 9.59 Å². The molecule has 4 rings (SSSR count). The lowest BCUT2D eigenvalue weighted by Crippen LogP contribution is -2.25. The van der Waals surface area contributed by atoms with Gasteiger partial charge in [0.05, 0.1) is 21.1 Å². The second-order valence-electron chi connectivity index (χ2n) is 6.30. The lowest BCUT2D eigenvalue weighted by molar-refractivity contribution is -0.118. The van der Waals surface area contributed by atoms with Crippen molar-refractivity contribution in [2.45, 2.75) is 19.3 Å². The van der Waals surface area contributed by atoms with E-state index in [-0.39, 0.29) is 11.5 Å². The second-order valence-corrected chi connectivity index (χ2v) is 7.31. The zero-order valence-corrected chi connectivity index (χ0v) is 15.6. The maximum absolute atomic E-state index is 12.5. The molecule has 136 valence electrons. The van der Waals surface area contributed by atoms with Crippen molar-refractivity contribution >= 4 is 43.5 Å². The summed E-state index contributed by atoms with van der Waals surface area (Å²) in [4.78, 5) is 38.0. The topological polar surface area (TPSA) is 79.0 Å². The van der Waals surface area contributed by atoms with Gasteiger partial charge in [-0.05, 0) is 30.7 Å². The quantitative estimate of drug-likeness (QED) is 0.576. The average Bonchev–Trinajstić information content (AvgIpc) is 3.11. The first kappa shape index (κ1) is 17.4. The van der Waals surface area contributed by atoms with Gasteiger partial charge in [0.15, 0.2) is 5.13 Å². The van der Waals surface area contributed by atoms with Crippen LogP contribution in [0.1, 0.15) is 18.7 Å². The monoisotopic (exact) mass is 378 g/mol. The number of anilines is 1. The molecule has 0 atom stereocenters. The third-order valence-electron chi connectivity index (χ3n) is 4.41. The second kappa shape index (κ2) is 7.28. The summed E-state index contributed by atoms with van der Waals surface area (Å²) in [5.74, 6) is 0.603. The lowest BCUT2D eigenvalue weighted by atomic mass is 10.2. The molecule has 0 saturated carbocycles. The summed E-state index contributed by atoms with van der Waals surface area (Å²) < 4.78 is 1.06. The predicted octanol–water partition coefficient (Wildman–Crippen LogP) is 3.52. The van der Waals surface area contributed by atoms with Gasteiger partial charge >= 0.3 is 0 Å². The van der Waals surface area contributed by atoms with Crippen LogP contribution in [-0.4, -0.2) is 27.9 Å². The number of amides is 1. The first-order valence-corrected chi connectivity index (χ1v) is 9.53. The fraction of sp³-hybridized carbons (Fsp3) is 0.200. The van der Waals surface area contributed by atoms with Crippen molar-refractivity contribution in [1.29, 1.82) is 0 Å². The molecule has 0 spiro atoms. The maximum atomic E-state index is 12.5. The third kappa shape index (κ3) is 3.59. The summed E-state index contributed by atoms with van der Waals surface area (Å²) in [6.45, 7) is 0. The van der Waals surface area contributed by atoms with Crippen molar-refractivity contribution in [3.63, 3.8) is 0 Å². The normalized spacial score (nSPS) is 11.1. The number of aromatic nitrogens is 3. The van der Waals surface area contributed by atoms with Crippen molar-refractivity contribution in [1.82, 2.24) is 15.0 Å². The summed E-state index contributed by atoms with van der Waals surface area (Å²) in [5, 5.41) is 1.27. The Bertz CT molecular complexity index is 1150. The summed E-state index contributed by atoms with van der Waals surface area (Å²) in [6, 6.07) is 15.1. The van der Waals surface area contributed by atoms with Gasteiger partial charge < -0.3 is 4.98 Å². The van der Waals surface area contributed by atoms with Crippen LogP contribution < -0.4 is 10.5 Å². The first-order valence-electron chi connectivity index (χ1n) is 8.72. The van der Waals surface area contributed by atoms with Gasteiger partial charge in [-0.3, -0.25) is 14.5 Å². The summed E-state index contributed by atoms with van der Waals surface area (Å²) >= 11 is 1.50. The molecule has 27 heavy (non-hydrogen) atoms. The van der Waals surface area contributed by atoms with Crippen LogP contribution in [0.3, 0.4) is 0 Å². The summed E-state index contributed by atoms with van der Waals surface area (Å²) in [5.41, 5.74) is 1.43. The molecule has 7 heteroatoms. The molecular weight excluding hydrogens is 360 g/mol. The first-order chi connectivity index (χ1) is 13.1. The summed E-state index contributed by atoms with van der Waals surface area (Å²) in [6.07, 6.45) is 1.51. The molecule has 0 fully saturated rings. The number of aryl methyl sites for hydroxylation is 1. The van der Waals surface area contributed by atoms with Crippen molar-refractivity contribution in [3.8, 4) is 0 Å². The van der Waals surface area contributed by atoms with Gasteiger partial charge in [0.25, 0.3) is 5.56 Å². The molecule has 0 radical (unpaired) electrons. The molecular formula is C20H18N4O2S. The number of benzene rings is 2. The van der Waals surface area contributed by atoms with E-state index in [1.807, 2.05) is 42.5 Å². The van der Waals surface area contributed by atoms with Crippen LogP contribution in [0.15, 0.2) is 53.3 Å². The van der Waals surface area contributed by atoms with E-state index < -0.39 is 0 Å². The highest BCUT2D eigenvalue weighted by Gasteiger charge is 2.15. The SMILES string of the molecule is CN(C(=O)CCCc1nc2ccccc2c(=O)[nH]1)c1nc2ccccc2s1. The van der Waals surface area contributed by atoms with E-state index in [1.165, 1.54) is 11.3 Å². The number of fused-ring (bicyclic) bond motifs is 2. The van der Waals surface area contributed by atoms with E-state index in [4.69, 9.17) is 0 Å². The van der Waals surface area contributed by atoms with Crippen LogP contribution in [0.25, 0.3) is 21.1 Å². The molecule has 1 amide bonds. The van der Waals surface area contributed by atoms with Crippen molar-refractivity contribution in [2.75, 3.05) is 11.9 Å². The standard InChI is InChI=1S/C20H18N4O2S/c1-24(20-22-15-9-4-5-10-16(15)27-20)18(25)12-6-11-17-21-14-8-3-2-7-13(14)19(26)23-17/h2-5,7-10H,6,11-12H2,1H3,(H,21,23,26). The molecule has 4 aromatic rings. The fourth-order valence-corrected chi connectivity index (χ4v) is 3.88. The predicted molar refractivity (Wildman–Crippen MR) is 108 cm³/mol. The van der Waals surface area contributed by atoms with Gasteiger partial charge in [0, 0.05) is 19.9 Å². The molecule has 2 aromatic carbocycles. The molecule has 2 heterocycles. The van der Waals surface area contributed by atoms with Crippen LogP contribution in [0.2, 0.25) is 0 Å². The molecule has 0 aliphatic carbocycles. The zero-order chi connectivity index (χ0) is 18.8. The number of carbonyl (C=O) groups excluding carboxylic acids is 1. The highest BCUT2D eigenvalue weighted by molar-refractivity contribution is 7.22. The fourth-order valence-electron chi connectivity index (χ4n) is 2.94. The molecule has 0 aliphatic rings. The zero-order valence-electron chi connectivity index (χ0n) is 14.8. The van der Waals surface area contributed by atoms with E-state index >= 15 is 0 Å². The highest BCUT2D eigenvalue weighted by atomic mass is 32.1. The molecule has 2 aromatic heterocycles. The number of nitrogens with zero attached hydrogens (tertiary/aromatic N) is 3. The van der Waals surface area contributed by atoms with Crippen molar-refractivity contribution in [3.05, 3.63) is 64.7 Å². The van der Waals surface area contributed by atoms with E-state index in [2.05, 4.69) is 15.0 Å². The Morgan fingerprint density at radius 3 is 2.63 bits per heavy atom. The van der Waals surface area contributed by atoms with Crippen LogP contribution in [-0.2, 0) is 11.2 Å². The number of H-pyrrole nitrogens is 1. The van der Waals surface area contributed by atoms with Gasteiger partial charge in [-0.2, -0.15) is 0 Å². The number of nitrogens with one attached hydrogen (secondary N) is 1. The minimum absolute atomic E-state index is 0.00260. The van der Waals surface area contributed by atoms with Crippen LogP contribution >= 0.6 is 11.3 Å². The molecule has 1 N–H and O–H groups in total. The molecule has 6 nitrogen and oxygen atoms in total. The van der Waals surface area contributed by atoms with E-state index in [0.717, 1.165) is 10.2 Å². The van der Waals surface area contributed by atoms with Gasteiger partial charge in [-0.15, -0.1) is 0 Å². The number of aromatic amines is 1. The largest absolute Gasteiger partial charge is 0.310 e. The smallest absolute Gasteiger partial charge is 0.258 e. The van der Waals surface area contributed by atoms with E-state index in [0.29, 0.717) is 41.1 Å². The van der Waals surface area contributed by atoms with Gasteiger partial charge in [0.2, 0.25) is 5.91 Å². The van der Waals surface area contributed by atoms with Crippen LogP contribution in [0.5, 0.6) is 0 Å². The van der Waals surface area contributed by atoms with Crippen LogP contribution in [0, 0.1) is 0 Å². The maximum Gasteiger partial charge on any atom is 0.258 e. The Morgan fingerprint density at radius 1 is 1.07 bits per heavy atom. The number of rotatable bonds is 5. The Morgan fingerprint density at radius 2 is 1.81 bits per heavy atom. The molecule has 0 unspecified atom stereocenters. The average molecular weight is 378 g/mol. The number of thiazole rings is 1. The minimum Gasteiger partial charge on any atom is -0.310 e. The van der Waals surface area contributed by atoms with Gasteiger partial charge in [-0.1, -0.05) is 35.6 Å². The Kier molecular flexibility index (Phi) is 4.68. The highest BCUT2D eigenvalue weighted by Crippen LogP contribution is 2.28. The van der Waals surface area contributed by atoms with Gasteiger partial charge in [-0.25, -0.2) is 9.97 Å². The van der Waals surface area contributed by atoms with Crippen molar-refractivity contribution < 1.29 is 4.79 Å². The number of para-hydroxylation sites is 2. The Labute approximate surface area is 159 Å². The van der Waals surface area contributed by atoms with Gasteiger partial charge in [0.1, 0.15) is 5.82 Å². The minimum atomic E-state index is -0.145. The summed E-state index contributed by atoms with van der Waals surface area (Å²) in [7, 11) is 1.75. The third-order valence-corrected chi connectivity index (χ3v) is 5.52. The number of hydrogen-bond acceptors (Lipinski definition) is 5. The number of carbonyl (C=O) groups is 1. The number of hydrogen-bond donors (Lipinski definition) is 1. The molecule has 0 bridgehead atoms.